The summed E-state index contributed by atoms with van der Waals surface area (Å²) in [5.74, 6) is 0.995. The topological polar surface area (TPSA) is 68.2 Å². The first-order chi connectivity index (χ1) is 8.63. The molecule has 0 radical (unpaired) electrons. The van der Waals surface area contributed by atoms with Crippen molar-refractivity contribution in [1.29, 1.82) is 0 Å². The maximum atomic E-state index is 11.5. The molecule has 0 saturated carbocycles. The van der Waals surface area contributed by atoms with Crippen LogP contribution >= 0.6 is 0 Å². The Labute approximate surface area is 108 Å². The van der Waals surface area contributed by atoms with E-state index >= 15 is 0 Å². The molecule has 0 fully saturated rings. The number of aryl methyl sites for hydroxylation is 1. The van der Waals surface area contributed by atoms with E-state index in [9.17, 15) is 4.79 Å². The Morgan fingerprint density at radius 3 is 3.00 bits per heavy atom. The van der Waals surface area contributed by atoms with Gasteiger partial charge in [-0.15, -0.1) is 0 Å². The molecule has 1 atom stereocenters. The van der Waals surface area contributed by atoms with Gasteiger partial charge in [0, 0.05) is 45.6 Å². The van der Waals surface area contributed by atoms with Crippen LogP contribution in [0.4, 0.5) is 0 Å². The number of hydrogen-bond donors (Lipinski definition) is 2. The van der Waals surface area contributed by atoms with Crippen LogP contribution in [0.3, 0.4) is 0 Å². The molecule has 1 rings (SSSR count). The van der Waals surface area contributed by atoms with Crippen molar-refractivity contribution in [3.8, 4) is 0 Å². The average Bonchev–Trinajstić information content (AvgIpc) is 2.71. The molecule has 2 N–H and O–H groups in total. The van der Waals surface area contributed by atoms with E-state index in [-0.39, 0.29) is 11.9 Å². The van der Waals surface area contributed by atoms with Crippen LogP contribution < -0.4 is 10.6 Å². The fourth-order valence-corrected chi connectivity index (χ4v) is 1.66. The molecular weight excluding hydrogens is 232 g/mol. The lowest BCUT2D eigenvalue weighted by Gasteiger charge is -2.12. The van der Waals surface area contributed by atoms with Crippen LogP contribution in [0.15, 0.2) is 12.4 Å². The maximum absolute atomic E-state index is 11.5. The highest BCUT2D eigenvalue weighted by Crippen LogP contribution is 1.93. The van der Waals surface area contributed by atoms with Crippen molar-refractivity contribution in [3.05, 3.63) is 18.2 Å². The molecule has 6 heteroatoms. The fourth-order valence-electron chi connectivity index (χ4n) is 1.66. The molecule has 0 saturated heterocycles. The molecule has 0 spiro atoms. The van der Waals surface area contributed by atoms with Crippen LogP contribution in [0.5, 0.6) is 0 Å². The minimum Gasteiger partial charge on any atom is -0.383 e. The van der Waals surface area contributed by atoms with Crippen molar-refractivity contribution in [2.24, 2.45) is 7.05 Å². The number of hydrogen-bond acceptors (Lipinski definition) is 4. The van der Waals surface area contributed by atoms with Crippen molar-refractivity contribution in [2.45, 2.75) is 19.4 Å². The molecular formula is C12H22N4O2. The summed E-state index contributed by atoms with van der Waals surface area (Å²) < 4.78 is 6.92. The first kappa shape index (κ1) is 14.7. The standard InChI is InChI=1S/C12H22N4O2/c1-10(9-18-3)15-12(17)8-13-5-4-11-14-6-7-16(11)2/h6-7,10,13H,4-5,8-9H2,1-3H3,(H,15,17). The summed E-state index contributed by atoms with van der Waals surface area (Å²) in [6.07, 6.45) is 4.49. The number of carbonyl (C=O) groups is 1. The number of carbonyl (C=O) groups excluding carboxylic acids is 1. The lowest BCUT2D eigenvalue weighted by atomic mass is 10.3. The van der Waals surface area contributed by atoms with Gasteiger partial charge in [-0.2, -0.15) is 0 Å². The Bertz CT molecular complexity index is 365. The van der Waals surface area contributed by atoms with E-state index in [4.69, 9.17) is 4.74 Å². The van der Waals surface area contributed by atoms with Crippen LogP contribution in [0.25, 0.3) is 0 Å². The second-order valence-corrected chi connectivity index (χ2v) is 4.31. The largest absolute Gasteiger partial charge is 0.383 e. The third-order valence-electron chi connectivity index (χ3n) is 2.56. The smallest absolute Gasteiger partial charge is 0.234 e. The van der Waals surface area contributed by atoms with Crippen molar-refractivity contribution in [2.75, 3.05) is 26.8 Å². The lowest BCUT2D eigenvalue weighted by molar-refractivity contribution is -0.121. The zero-order chi connectivity index (χ0) is 13.4. The minimum atomic E-state index is -0.0145. The predicted octanol–water partition coefficient (Wildman–Crippen LogP) is -0.297. The Kier molecular flexibility index (Phi) is 6.38. The normalized spacial score (nSPS) is 12.4. The fraction of sp³-hybridized carbons (Fsp3) is 0.667. The molecule has 1 amide bonds. The molecule has 0 aliphatic heterocycles. The third-order valence-corrected chi connectivity index (χ3v) is 2.56. The molecule has 1 heterocycles. The lowest BCUT2D eigenvalue weighted by Crippen LogP contribution is -2.41. The first-order valence-electron chi connectivity index (χ1n) is 6.08. The molecule has 0 aliphatic carbocycles. The summed E-state index contributed by atoms with van der Waals surface area (Å²) in [5.41, 5.74) is 0. The molecule has 1 aromatic rings. The average molecular weight is 254 g/mol. The zero-order valence-corrected chi connectivity index (χ0v) is 11.3. The number of rotatable bonds is 8. The van der Waals surface area contributed by atoms with E-state index < -0.39 is 0 Å². The van der Waals surface area contributed by atoms with Gasteiger partial charge in [0.15, 0.2) is 0 Å². The van der Waals surface area contributed by atoms with E-state index in [0.717, 1.165) is 18.8 Å². The van der Waals surface area contributed by atoms with Crippen molar-refractivity contribution >= 4 is 5.91 Å². The molecule has 1 unspecified atom stereocenters. The van der Waals surface area contributed by atoms with Crippen LogP contribution in [0.1, 0.15) is 12.7 Å². The molecule has 6 nitrogen and oxygen atoms in total. The summed E-state index contributed by atoms with van der Waals surface area (Å²) in [4.78, 5) is 15.7. The number of nitrogens with one attached hydrogen (secondary N) is 2. The maximum Gasteiger partial charge on any atom is 0.234 e. The van der Waals surface area contributed by atoms with Gasteiger partial charge in [-0.25, -0.2) is 4.98 Å². The van der Waals surface area contributed by atoms with Gasteiger partial charge in [0.2, 0.25) is 5.91 Å². The summed E-state index contributed by atoms with van der Waals surface area (Å²) in [7, 11) is 3.58. The highest BCUT2D eigenvalue weighted by molar-refractivity contribution is 5.78. The van der Waals surface area contributed by atoms with E-state index in [0.29, 0.717) is 13.2 Å². The Balaban J connectivity index is 2.11. The molecule has 0 bridgehead atoms. The van der Waals surface area contributed by atoms with Gasteiger partial charge in [-0.05, 0) is 6.92 Å². The first-order valence-corrected chi connectivity index (χ1v) is 6.08. The third kappa shape index (κ3) is 5.29. The molecule has 18 heavy (non-hydrogen) atoms. The van der Waals surface area contributed by atoms with Gasteiger partial charge in [0.05, 0.1) is 13.2 Å². The number of methoxy groups -OCH3 is 1. The monoisotopic (exact) mass is 254 g/mol. The van der Waals surface area contributed by atoms with Crippen LogP contribution in [0.2, 0.25) is 0 Å². The van der Waals surface area contributed by atoms with Gasteiger partial charge >= 0.3 is 0 Å². The van der Waals surface area contributed by atoms with Crippen molar-refractivity contribution in [3.63, 3.8) is 0 Å². The summed E-state index contributed by atoms with van der Waals surface area (Å²) >= 11 is 0. The van der Waals surface area contributed by atoms with Gasteiger partial charge in [0.25, 0.3) is 0 Å². The molecule has 0 aromatic carbocycles. The zero-order valence-electron chi connectivity index (χ0n) is 11.3. The molecule has 102 valence electrons. The van der Waals surface area contributed by atoms with Gasteiger partial charge in [-0.1, -0.05) is 0 Å². The Hall–Kier alpha value is -1.40. The number of ether oxygens (including phenoxy) is 1. The Morgan fingerprint density at radius 2 is 2.39 bits per heavy atom. The summed E-state index contributed by atoms with van der Waals surface area (Å²) in [6.45, 7) is 3.49. The van der Waals surface area contributed by atoms with Gasteiger partial charge in [-0.3, -0.25) is 4.79 Å². The SMILES string of the molecule is COCC(C)NC(=O)CNCCc1nccn1C. The highest BCUT2D eigenvalue weighted by atomic mass is 16.5. The number of amides is 1. The van der Waals surface area contributed by atoms with Crippen LogP contribution in [0, 0.1) is 0 Å². The number of imidazole rings is 1. The van der Waals surface area contributed by atoms with Crippen molar-refractivity contribution in [1.82, 2.24) is 20.2 Å². The van der Waals surface area contributed by atoms with E-state index in [1.54, 1.807) is 13.3 Å². The van der Waals surface area contributed by atoms with E-state index in [1.165, 1.54) is 0 Å². The molecule has 1 aromatic heterocycles. The van der Waals surface area contributed by atoms with E-state index in [2.05, 4.69) is 15.6 Å². The van der Waals surface area contributed by atoms with Gasteiger partial charge in [0.1, 0.15) is 5.82 Å². The van der Waals surface area contributed by atoms with Crippen molar-refractivity contribution < 1.29 is 9.53 Å². The highest BCUT2D eigenvalue weighted by Gasteiger charge is 2.06. The predicted molar refractivity (Wildman–Crippen MR) is 69.3 cm³/mol. The van der Waals surface area contributed by atoms with Gasteiger partial charge < -0.3 is 19.9 Å². The second-order valence-electron chi connectivity index (χ2n) is 4.31. The van der Waals surface area contributed by atoms with E-state index in [1.807, 2.05) is 24.7 Å². The second kappa shape index (κ2) is 7.84. The quantitative estimate of drug-likeness (QED) is 0.625. The summed E-state index contributed by atoms with van der Waals surface area (Å²) in [5, 5.41) is 5.93. The summed E-state index contributed by atoms with van der Waals surface area (Å²) in [6, 6.07) is 0.0406. The van der Waals surface area contributed by atoms with Crippen LogP contribution in [-0.2, 0) is 23.0 Å². The van der Waals surface area contributed by atoms with Crippen LogP contribution in [-0.4, -0.2) is 48.3 Å². The molecule has 0 aliphatic rings. The minimum absolute atomic E-state index is 0.0145. The number of aromatic nitrogens is 2. The Morgan fingerprint density at radius 1 is 1.61 bits per heavy atom. The number of nitrogens with zero attached hydrogens (tertiary/aromatic N) is 2.